The smallest absolute Gasteiger partial charge is 0.0456 e. The zero-order valence-electron chi connectivity index (χ0n) is 12.2. The predicted molar refractivity (Wildman–Crippen MR) is 81.7 cm³/mol. The first-order valence-corrected chi connectivity index (χ1v) is 7.92. The molecule has 0 amide bonds. The van der Waals surface area contributed by atoms with Gasteiger partial charge in [0.15, 0.2) is 0 Å². The van der Waals surface area contributed by atoms with Crippen molar-refractivity contribution in [3.63, 3.8) is 0 Å². The van der Waals surface area contributed by atoms with E-state index in [0.29, 0.717) is 6.04 Å². The second kappa shape index (κ2) is 5.10. The molecule has 1 N–H and O–H groups in total. The summed E-state index contributed by atoms with van der Waals surface area (Å²) in [7, 11) is 2.09. The Hall–Kier alpha value is -0.530. The molecule has 2 aliphatic carbocycles. The molecule has 0 aromatic heterocycles. The number of rotatable bonds is 3. The highest BCUT2D eigenvalue weighted by atomic mass is 35.5. The van der Waals surface area contributed by atoms with Crippen LogP contribution in [0.4, 0.5) is 0 Å². The van der Waals surface area contributed by atoms with Crippen LogP contribution in [-0.4, -0.2) is 7.05 Å². The number of hydrogen-bond donors (Lipinski definition) is 1. The van der Waals surface area contributed by atoms with Crippen LogP contribution >= 0.6 is 11.6 Å². The number of nitrogens with one attached hydrogen (secondary N) is 1. The monoisotopic (exact) mass is 277 g/mol. The van der Waals surface area contributed by atoms with E-state index in [9.17, 15) is 0 Å². The Labute approximate surface area is 121 Å². The van der Waals surface area contributed by atoms with Gasteiger partial charge < -0.3 is 5.32 Å². The zero-order valence-corrected chi connectivity index (χ0v) is 12.9. The molecule has 2 bridgehead atoms. The van der Waals surface area contributed by atoms with Gasteiger partial charge in [0.2, 0.25) is 0 Å². The van der Waals surface area contributed by atoms with Crippen LogP contribution in [0.3, 0.4) is 0 Å². The van der Waals surface area contributed by atoms with Gasteiger partial charge in [-0.3, -0.25) is 0 Å². The van der Waals surface area contributed by atoms with Gasteiger partial charge in [0, 0.05) is 11.1 Å². The number of halogens is 1. The Balaban J connectivity index is 1.92. The van der Waals surface area contributed by atoms with Crippen molar-refractivity contribution in [1.82, 2.24) is 5.32 Å². The van der Waals surface area contributed by atoms with E-state index in [1.807, 2.05) is 0 Å². The fourth-order valence-corrected chi connectivity index (χ4v) is 4.68. The number of hydrogen-bond acceptors (Lipinski definition) is 1. The molecule has 2 saturated carbocycles. The van der Waals surface area contributed by atoms with Crippen LogP contribution < -0.4 is 5.32 Å². The quantitative estimate of drug-likeness (QED) is 0.848. The summed E-state index contributed by atoms with van der Waals surface area (Å²) in [6, 6.07) is 4.86. The Morgan fingerprint density at radius 3 is 2.47 bits per heavy atom. The topological polar surface area (TPSA) is 12.0 Å². The van der Waals surface area contributed by atoms with Crippen molar-refractivity contribution in [1.29, 1.82) is 0 Å². The maximum atomic E-state index is 6.52. The lowest BCUT2D eigenvalue weighted by Gasteiger charge is -2.31. The van der Waals surface area contributed by atoms with Crippen LogP contribution in [0.5, 0.6) is 0 Å². The molecular formula is C17H24ClN. The predicted octanol–water partition coefficient (Wildman–Crippen LogP) is 4.65. The lowest BCUT2D eigenvalue weighted by Crippen LogP contribution is -2.29. The summed E-state index contributed by atoms with van der Waals surface area (Å²) in [5.74, 6) is 2.68. The molecule has 0 radical (unpaired) electrons. The van der Waals surface area contributed by atoms with Crippen LogP contribution in [-0.2, 0) is 0 Å². The SMILES string of the molecule is CNC(c1cc(C)c(C)cc1Cl)C1CC2CCC1C2. The van der Waals surface area contributed by atoms with Crippen molar-refractivity contribution in [2.45, 2.75) is 45.6 Å². The van der Waals surface area contributed by atoms with Crippen molar-refractivity contribution in [3.8, 4) is 0 Å². The molecule has 2 heteroatoms. The second-order valence-corrected chi connectivity index (χ2v) is 6.97. The molecule has 0 heterocycles. The fraction of sp³-hybridized carbons (Fsp3) is 0.647. The van der Waals surface area contributed by atoms with Crippen molar-refractivity contribution in [2.75, 3.05) is 7.05 Å². The third-order valence-electron chi connectivity index (χ3n) is 5.48. The number of fused-ring (bicyclic) bond motifs is 2. The fourth-order valence-electron chi connectivity index (χ4n) is 4.34. The Kier molecular flexibility index (Phi) is 3.61. The summed E-state index contributed by atoms with van der Waals surface area (Å²) >= 11 is 6.52. The molecule has 4 unspecified atom stereocenters. The Morgan fingerprint density at radius 1 is 1.16 bits per heavy atom. The van der Waals surface area contributed by atoms with Crippen molar-refractivity contribution in [2.24, 2.45) is 17.8 Å². The molecular weight excluding hydrogens is 254 g/mol. The van der Waals surface area contributed by atoms with Crippen molar-refractivity contribution < 1.29 is 0 Å². The van der Waals surface area contributed by atoms with Gasteiger partial charge in [0.1, 0.15) is 0 Å². The normalized spacial score (nSPS) is 30.8. The third kappa shape index (κ3) is 2.32. The molecule has 1 aromatic carbocycles. The highest BCUT2D eigenvalue weighted by Gasteiger charge is 2.43. The van der Waals surface area contributed by atoms with Gasteiger partial charge in [0.25, 0.3) is 0 Å². The molecule has 1 aromatic rings. The first-order valence-electron chi connectivity index (χ1n) is 7.54. The maximum absolute atomic E-state index is 6.52. The highest BCUT2D eigenvalue weighted by molar-refractivity contribution is 6.31. The van der Waals surface area contributed by atoms with Gasteiger partial charge in [-0.15, -0.1) is 0 Å². The Bertz CT molecular complexity index is 482. The minimum absolute atomic E-state index is 0.432. The van der Waals surface area contributed by atoms with Gasteiger partial charge in [-0.25, -0.2) is 0 Å². The second-order valence-electron chi connectivity index (χ2n) is 6.56. The average Bonchev–Trinajstić information content (AvgIpc) is 2.99. The van der Waals surface area contributed by atoms with E-state index >= 15 is 0 Å². The molecule has 104 valence electrons. The highest BCUT2D eigenvalue weighted by Crippen LogP contribution is 2.53. The van der Waals surface area contributed by atoms with Gasteiger partial charge >= 0.3 is 0 Å². The third-order valence-corrected chi connectivity index (χ3v) is 5.81. The summed E-state index contributed by atoms with van der Waals surface area (Å²) in [6.07, 6.45) is 5.72. The first kappa shape index (κ1) is 13.5. The molecule has 0 saturated heterocycles. The van der Waals surface area contributed by atoms with Crippen LogP contribution in [0.15, 0.2) is 12.1 Å². The van der Waals surface area contributed by atoms with E-state index < -0.39 is 0 Å². The van der Waals surface area contributed by atoms with Crippen LogP contribution in [0.2, 0.25) is 5.02 Å². The lowest BCUT2D eigenvalue weighted by molar-refractivity contribution is 0.259. The molecule has 2 aliphatic rings. The summed E-state index contributed by atoms with van der Waals surface area (Å²) in [5.41, 5.74) is 3.95. The van der Waals surface area contributed by atoms with Crippen molar-refractivity contribution >= 4 is 11.6 Å². The largest absolute Gasteiger partial charge is 0.313 e. The lowest BCUT2D eigenvalue weighted by atomic mass is 9.80. The molecule has 3 rings (SSSR count). The van der Waals surface area contributed by atoms with E-state index in [-0.39, 0.29) is 0 Å². The summed E-state index contributed by atoms with van der Waals surface area (Å²) in [5, 5.41) is 4.48. The molecule has 19 heavy (non-hydrogen) atoms. The zero-order chi connectivity index (χ0) is 13.6. The maximum Gasteiger partial charge on any atom is 0.0456 e. The van der Waals surface area contributed by atoms with Crippen LogP contribution in [0, 0.1) is 31.6 Å². The molecule has 1 nitrogen and oxygen atoms in total. The van der Waals surface area contributed by atoms with E-state index in [4.69, 9.17) is 11.6 Å². The van der Waals surface area contributed by atoms with Gasteiger partial charge in [-0.05, 0) is 80.7 Å². The first-order chi connectivity index (χ1) is 9.10. The van der Waals surface area contributed by atoms with E-state index in [2.05, 4.69) is 38.3 Å². The van der Waals surface area contributed by atoms with Gasteiger partial charge in [0.05, 0.1) is 0 Å². The molecule has 4 atom stereocenters. The van der Waals surface area contributed by atoms with Gasteiger partial charge in [-0.2, -0.15) is 0 Å². The summed E-state index contributed by atoms with van der Waals surface area (Å²) in [6.45, 7) is 4.32. The molecule has 0 aliphatic heterocycles. The minimum Gasteiger partial charge on any atom is -0.313 e. The van der Waals surface area contributed by atoms with E-state index in [0.717, 1.165) is 22.8 Å². The summed E-state index contributed by atoms with van der Waals surface area (Å²) in [4.78, 5) is 0. The number of benzene rings is 1. The number of aryl methyl sites for hydroxylation is 2. The molecule has 2 fully saturated rings. The Morgan fingerprint density at radius 2 is 1.89 bits per heavy atom. The van der Waals surface area contributed by atoms with E-state index in [1.54, 1.807) is 0 Å². The average molecular weight is 278 g/mol. The molecule has 0 spiro atoms. The van der Waals surface area contributed by atoms with Crippen LogP contribution in [0.25, 0.3) is 0 Å². The standard InChI is InChI=1S/C17H24ClN/c1-10-6-15(16(18)7-11(10)2)17(19-3)14-9-12-4-5-13(14)8-12/h6-7,12-14,17,19H,4-5,8-9H2,1-3H3. The minimum atomic E-state index is 0.432. The van der Waals surface area contributed by atoms with Crippen LogP contribution in [0.1, 0.15) is 48.4 Å². The summed E-state index contributed by atoms with van der Waals surface area (Å²) < 4.78 is 0. The van der Waals surface area contributed by atoms with E-state index in [1.165, 1.54) is 42.4 Å². The van der Waals surface area contributed by atoms with Gasteiger partial charge in [-0.1, -0.05) is 24.1 Å². The van der Waals surface area contributed by atoms with Crippen molar-refractivity contribution in [3.05, 3.63) is 33.8 Å².